The summed E-state index contributed by atoms with van der Waals surface area (Å²) in [6.45, 7) is 0. The molecule has 0 saturated carbocycles. The Morgan fingerprint density at radius 2 is 1.97 bits per heavy atom. The maximum Gasteiger partial charge on any atom is 0.294 e. The monoisotopic (exact) mass is 515 g/mol. The van der Waals surface area contributed by atoms with E-state index in [1.54, 1.807) is 30.3 Å². The summed E-state index contributed by atoms with van der Waals surface area (Å²) in [7, 11) is 0. The second-order valence-electron chi connectivity index (χ2n) is 7.08. The van der Waals surface area contributed by atoms with Gasteiger partial charge >= 0.3 is 0 Å². The molecule has 0 bridgehead atoms. The number of aliphatic hydroxyl groups excluding tert-OH is 1. The number of amides is 1. The van der Waals surface area contributed by atoms with E-state index >= 15 is 0 Å². The van der Waals surface area contributed by atoms with Crippen LogP contribution in [0.5, 0.6) is 0 Å². The van der Waals surface area contributed by atoms with Crippen LogP contribution in [0.25, 0.3) is 11.0 Å². The van der Waals surface area contributed by atoms with E-state index in [0.717, 1.165) is 15.4 Å². The number of rotatable bonds is 4. The molecule has 32 heavy (non-hydrogen) atoms. The van der Waals surface area contributed by atoms with Crippen molar-refractivity contribution in [1.82, 2.24) is 0 Å². The zero-order valence-corrected chi connectivity index (χ0v) is 18.4. The number of carbonyl (C=O) groups excluding carboxylic acids is 2. The number of nitrogens with zero attached hydrogens (tertiary/aromatic N) is 1. The van der Waals surface area contributed by atoms with Gasteiger partial charge in [-0.3, -0.25) is 14.5 Å². The molecule has 0 aliphatic carbocycles. The molecule has 1 aliphatic rings. The van der Waals surface area contributed by atoms with Crippen molar-refractivity contribution in [3.8, 4) is 0 Å². The van der Waals surface area contributed by atoms with Gasteiger partial charge in [-0.05, 0) is 54.6 Å². The third kappa shape index (κ3) is 3.23. The number of hydrogen-bond acceptors (Lipinski definition) is 5. The highest BCUT2D eigenvalue weighted by Crippen LogP contribution is 2.43. The maximum absolute atomic E-state index is 13.7. The molecule has 9 heteroatoms. The first kappa shape index (κ1) is 20.5. The molecule has 2 aromatic heterocycles. The standard InChI is InChI=1S/C23H12BrClFNO5/c24-12-3-6-16-11(8-12)9-18(32-16)21(28)19-20(17-2-1-7-31-17)27(23(30)22(19)29)13-4-5-15(26)14(25)10-13/h1-10,20,29H. The number of hydrogen-bond donors (Lipinski definition) is 1. The van der Waals surface area contributed by atoms with Gasteiger partial charge in [0.2, 0.25) is 5.78 Å². The van der Waals surface area contributed by atoms with Crippen LogP contribution in [0.3, 0.4) is 0 Å². The Labute approximate surface area is 193 Å². The molecule has 0 spiro atoms. The van der Waals surface area contributed by atoms with Gasteiger partial charge in [-0.2, -0.15) is 0 Å². The van der Waals surface area contributed by atoms with Gasteiger partial charge in [0.25, 0.3) is 5.91 Å². The maximum atomic E-state index is 13.7. The summed E-state index contributed by atoms with van der Waals surface area (Å²) < 4.78 is 25.7. The number of Topliss-reactive ketones (excluding diaryl/α,β-unsaturated/α-hetero) is 1. The second kappa shape index (κ2) is 7.65. The molecule has 1 atom stereocenters. The summed E-state index contributed by atoms with van der Waals surface area (Å²) in [6, 6.07) is 12.5. The third-order valence-electron chi connectivity index (χ3n) is 5.15. The number of aliphatic hydroxyl groups is 1. The average Bonchev–Trinajstić information content (AvgIpc) is 3.49. The van der Waals surface area contributed by atoms with Gasteiger partial charge in [0.15, 0.2) is 11.5 Å². The van der Waals surface area contributed by atoms with Crippen molar-refractivity contribution in [3.63, 3.8) is 0 Å². The van der Waals surface area contributed by atoms with Gasteiger partial charge in [-0.15, -0.1) is 0 Å². The first-order valence-electron chi connectivity index (χ1n) is 9.34. The molecule has 0 fully saturated rings. The summed E-state index contributed by atoms with van der Waals surface area (Å²) in [6.07, 6.45) is 1.38. The molecule has 1 unspecified atom stereocenters. The zero-order chi connectivity index (χ0) is 22.6. The summed E-state index contributed by atoms with van der Waals surface area (Å²) in [5.41, 5.74) is 0.437. The first-order chi connectivity index (χ1) is 15.3. The van der Waals surface area contributed by atoms with Gasteiger partial charge < -0.3 is 13.9 Å². The molecule has 160 valence electrons. The van der Waals surface area contributed by atoms with Gasteiger partial charge in [0.05, 0.1) is 16.9 Å². The van der Waals surface area contributed by atoms with Crippen LogP contribution < -0.4 is 4.90 Å². The fraction of sp³-hybridized carbons (Fsp3) is 0.0435. The number of fused-ring (bicyclic) bond motifs is 1. The largest absolute Gasteiger partial charge is 0.503 e. The van der Waals surface area contributed by atoms with Crippen LogP contribution in [0, 0.1) is 5.82 Å². The van der Waals surface area contributed by atoms with Crippen molar-refractivity contribution in [3.05, 3.63) is 99.0 Å². The smallest absolute Gasteiger partial charge is 0.294 e. The van der Waals surface area contributed by atoms with Crippen LogP contribution in [0.1, 0.15) is 22.4 Å². The van der Waals surface area contributed by atoms with Crippen LogP contribution in [-0.2, 0) is 4.79 Å². The fourth-order valence-corrected chi connectivity index (χ4v) is 4.27. The van der Waals surface area contributed by atoms with Crippen molar-refractivity contribution in [2.45, 2.75) is 6.04 Å². The molecule has 1 amide bonds. The zero-order valence-electron chi connectivity index (χ0n) is 16.0. The summed E-state index contributed by atoms with van der Waals surface area (Å²) in [5, 5.41) is 11.2. The predicted molar refractivity (Wildman–Crippen MR) is 118 cm³/mol. The number of furan rings is 2. The van der Waals surface area contributed by atoms with E-state index < -0.39 is 29.3 Å². The number of benzene rings is 2. The van der Waals surface area contributed by atoms with Crippen LogP contribution >= 0.6 is 27.5 Å². The highest BCUT2D eigenvalue weighted by molar-refractivity contribution is 9.10. The lowest BCUT2D eigenvalue weighted by Crippen LogP contribution is -2.30. The minimum atomic E-state index is -1.11. The van der Waals surface area contributed by atoms with Crippen molar-refractivity contribution in [1.29, 1.82) is 0 Å². The van der Waals surface area contributed by atoms with Crippen molar-refractivity contribution in [2.75, 3.05) is 4.90 Å². The minimum absolute atomic E-state index is 0.0528. The summed E-state index contributed by atoms with van der Waals surface area (Å²) in [5.74, 6) is -2.78. The third-order valence-corrected chi connectivity index (χ3v) is 5.93. The lowest BCUT2D eigenvalue weighted by Gasteiger charge is -2.25. The molecular weight excluding hydrogens is 505 g/mol. The Hall–Kier alpha value is -3.36. The van der Waals surface area contributed by atoms with E-state index in [0.29, 0.717) is 11.0 Å². The van der Waals surface area contributed by atoms with Gasteiger partial charge in [-0.25, -0.2) is 4.39 Å². The summed E-state index contributed by atoms with van der Waals surface area (Å²) >= 11 is 9.27. The first-order valence-corrected chi connectivity index (χ1v) is 10.5. The fourth-order valence-electron chi connectivity index (χ4n) is 3.71. The lowest BCUT2D eigenvalue weighted by molar-refractivity contribution is -0.117. The van der Waals surface area contributed by atoms with E-state index in [1.165, 1.54) is 24.5 Å². The SMILES string of the molecule is O=C(C1=C(O)C(=O)N(c2ccc(F)c(Cl)c2)C1c1ccco1)c1cc2cc(Br)ccc2o1. The topological polar surface area (TPSA) is 83.9 Å². The molecule has 0 radical (unpaired) electrons. The molecule has 1 N–H and O–H groups in total. The normalized spacial score (nSPS) is 16.4. The predicted octanol–water partition coefficient (Wildman–Crippen LogP) is 6.36. The van der Waals surface area contributed by atoms with E-state index in [4.69, 9.17) is 20.4 Å². The number of anilines is 1. The van der Waals surface area contributed by atoms with Crippen LogP contribution in [0.2, 0.25) is 5.02 Å². The lowest BCUT2D eigenvalue weighted by atomic mass is 9.99. The molecule has 3 heterocycles. The number of halogens is 3. The Balaban J connectivity index is 1.64. The van der Waals surface area contributed by atoms with Gasteiger partial charge in [0.1, 0.15) is 23.2 Å². The van der Waals surface area contributed by atoms with E-state index in [2.05, 4.69) is 15.9 Å². The Morgan fingerprint density at radius 3 is 2.69 bits per heavy atom. The van der Waals surface area contributed by atoms with Crippen molar-refractivity contribution < 1.29 is 27.9 Å². The highest BCUT2D eigenvalue weighted by atomic mass is 79.9. The van der Waals surface area contributed by atoms with E-state index in [9.17, 15) is 19.1 Å². The van der Waals surface area contributed by atoms with E-state index in [-0.39, 0.29) is 27.8 Å². The van der Waals surface area contributed by atoms with Crippen LogP contribution in [-0.4, -0.2) is 16.8 Å². The van der Waals surface area contributed by atoms with E-state index in [1.807, 2.05) is 0 Å². The van der Waals surface area contributed by atoms with Gasteiger partial charge in [0, 0.05) is 15.5 Å². The second-order valence-corrected chi connectivity index (χ2v) is 8.40. The minimum Gasteiger partial charge on any atom is -0.503 e. The van der Waals surface area contributed by atoms with Crippen LogP contribution in [0.15, 0.2) is 85.5 Å². The summed E-state index contributed by atoms with van der Waals surface area (Å²) in [4.78, 5) is 27.6. The van der Waals surface area contributed by atoms with Gasteiger partial charge in [-0.1, -0.05) is 27.5 Å². The molecule has 1 aliphatic heterocycles. The quantitative estimate of drug-likeness (QED) is 0.319. The molecule has 5 rings (SSSR count). The Kier molecular flexibility index (Phi) is 4.91. The molecule has 4 aromatic rings. The highest BCUT2D eigenvalue weighted by Gasteiger charge is 2.46. The number of ketones is 1. The Bertz CT molecular complexity index is 1430. The molecule has 6 nitrogen and oxygen atoms in total. The van der Waals surface area contributed by atoms with Crippen molar-refractivity contribution >= 4 is 55.9 Å². The number of carbonyl (C=O) groups is 2. The van der Waals surface area contributed by atoms with Crippen molar-refractivity contribution in [2.24, 2.45) is 0 Å². The molecule has 2 aromatic carbocycles. The van der Waals surface area contributed by atoms with Crippen LogP contribution in [0.4, 0.5) is 10.1 Å². The molecular formula is C23H12BrClFNO5. The average molecular weight is 517 g/mol. The molecule has 0 saturated heterocycles. The Morgan fingerprint density at radius 1 is 1.16 bits per heavy atom.